The Morgan fingerprint density at radius 1 is 1.04 bits per heavy atom. The van der Waals surface area contributed by atoms with E-state index in [4.69, 9.17) is 23.2 Å². The molecule has 0 aliphatic heterocycles. The van der Waals surface area contributed by atoms with Gasteiger partial charge in [0.05, 0.1) is 22.7 Å². The molecule has 0 bridgehead atoms. The zero-order valence-corrected chi connectivity index (χ0v) is 16.3. The second kappa shape index (κ2) is 6.69. The van der Waals surface area contributed by atoms with Crippen molar-refractivity contribution in [3.8, 4) is 0 Å². The average molecular weight is 477 g/mol. The van der Waals surface area contributed by atoms with Crippen molar-refractivity contribution in [1.82, 2.24) is 29.1 Å². The molecule has 0 unspecified atom stereocenters. The number of fused-ring (bicyclic) bond motifs is 2. The highest BCUT2D eigenvalue weighted by atomic mass is 127. The predicted octanol–water partition coefficient (Wildman–Crippen LogP) is 3.14. The highest BCUT2D eigenvalue weighted by Gasteiger charge is 2.06. The fourth-order valence-electron chi connectivity index (χ4n) is 2.12. The van der Waals surface area contributed by atoms with Gasteiger partial charge in [0.2, 0.25) is 0 Å². The number of H-pyrrole nitrogens is 1. The molecule has 4 aromatic rings. The third-order valence-corrected chi connectivity index (χ3v) is 4.38. The zero-order valence-electron chi connectivity index (χ0n) is 12.6. The summed E-state index contributed by atoms with van der Waals surface area (Å²) in [6.45, 7) is 0. The number of imidazole rings is 2. The van der Waals surface area contributed by atoms with Crippen molar-refractivity contribution in [3.05, 3.63) is 48.9 Å². The van der Waals surface area contributed by atoms with Crippen LogP contribution in [-0.4, -0.2) is 29.1 Å². The molecular formula is C14H11Cl2IN6O. The van der Waals surface area contributed by atoms with Gasteiger partial charge in [0.1, 0.15) is 20.4 Å². The number of halogens is 3. The molecule has 0 saturated carbocycles. The van der Waals surface area contributed by atoms with Gasteiger partial charge in [0.25, 0.3) is 5.56 Å². The maximum atomic E-state index is 11.0. The fourth-order valence-corrected chi connectivity index (χ4v) is 3.32. The van der Waals surface area contributed by atoms with E-state index in [2.05, 4.69) is 42.5 Å². The Hall–Kier alpha value is -1.65. The van der Waals surface area contributed by atoms with Crippen molar-refractivity contribution < 1.29 is 0 Å². The second-order valence-electron chi connectivity index (χ2n) is 4.99. The first-order valence-electron chi connectivity index (χ1n) is 6.69. The molecule has 0 aliphatic rings. The Balaban J connectivity index is 0.000000141. The first kappa shape index (κ1) is 17.2. The summed E-state index contributed by atoms with van der Waals surface area (Å²) >= 11 is 13.9. The summed E-state index contributed by atoms with van der Waals surface area (Å²) in [4.78, 5) is 26.1. The quantitative estimate of drug-likeness (QED) is 0.312. The van der Waals surface area contributed by atoms with Crippen LogP contribution < -0.4 is 5.56 Å². The summed E-state index contributed by atoms with van der Waals surface area (Å²) in [6, 6.07) is 3.12. The molecule has 4 aromatic heterocycles. The second-order valence-corrected chi connectivity index (χ2v) is 6.91. The summed E-state index contributed by atoms with van der Waals surface area (Å²) < 4.78 is 4.44. The predicted molar refractivity (Wildman–Crippen MR) is 103 cm³/mol. The minimum absolute atomic E-state index is 0.212. The number of nitrogens with one attached hydrogen (secondary N) is 1. The van der Waals surface area contributed by atoms with Gasteiger partial charge in [-0.2, -0.15) is 0 Å². The van der Waals surface area contributed by atoms with Crippen LogP contribution in [0.4, 0.5) is 0 Å². The minimum atomic E-state index is -0.212. The van der Waals surface area contributed by atoms with Crippen molar-refractivity contribution in [3.63, 3.8) is 0 Å². The number of hydrogen-bond donors (Lipinski definition) is 1. The molecule has 124 valence electrons. The van der Waals surface area contributed by atoms with Crippen LogP contribution in [0.2, 0.25) is 10.0 Å². The maximum Gasteiger partial charge on any atom is 0.251 e. The van der Waals surface area contributed by atoms with Crippen molar-refractivity contribution in [2.45, 2.75) is 0 Å². The summed E-state index contributed by atoms with van der Waals surface area (Å²) in [5.74, 6) is 0. The monoisotopic (exact) mass is 476 g/mol. The third-order valence-electron chi connectivity index (χ3n) is 3.25. The highest BCUT2D eigenvalue weighted by Crippen LogP contribution is 2.21. The number of aryl methyl sites for hydroxylation is 2. The molecule has 4 rings (SSSR count). The van der Waals surface area contributed by atoms with Crippen LogP contribution in [-0.2, 0) is 14.1 Å². The zero-order chi connectivity index (χ0) is 17.4. The molecule has 0 aliphatic carbocycles. The van der Waals surface area contributed by atoms with Crippen LogP contribution >= 0.6 is 45.8 Å². The molecular weight excluding hydrogens is 466 g/mol. The number of aromatic amines is 1. The van der Waals surface area contributed by atoms with Gasteiger partial charge in [0.15, 0.2) is 5.65 Å². The maximum absolute atomic E-state index is 11.0. The van der Waals surface area contributed by atoms with Gasteiger partial charge >= 0.3 is 0 Å². The number of aromatic nitrogens is 6. The lowest BCUT2D eigenvalue weighted by molar-refractivity contribution is 0.927. The Bertz CT molecular complexity index is 1100. The van der Waals surface area contributed by atoms with E-state index in [-0.39, 0.29) is 5.56 Å². The van der Waals surface area contributed by atoms with Gasteiger partial charge in [-0.3, -0.25) is 4.79 Å². The SMILES string of the molecule is Cn1cnc2c(Cl)cc(=O)[nH]c21.Cn1cnc2c(Cl)cc(I)nc21. The molecule has 0 saturated heterocycles. The average Bonchev–Trinajstić information content (AvgIpc) is 3.05. The molecule has 0 fully saturated rings. The van der Waals surface area contributed by atoms with E-state index >= 15 is 0 Å². The van der Waals surface area contributed by atoms with Gasteiger partial charge in [-0.25, -0.2) is 15.0 Å². The lowest BCUT2D eigenvalue weighted by Gasteiger charge is -1.95. The normalized spacial score (nSPS) is 10.9. The van der Waals surface area contributed by atoms with Gasteiger partial charge in [-0.05, 0) is 28.7 Å². The topological polar surface area (TPSA) is 81.4 Å². The highest BCUT2D eigenvalue weighted by molar-refractivity contribution is 14.1. The van der Waals surface area contributed by atoms with Crippen molar-refractivity contribution in [1.29, 1.82) is 0 Å². The minimum Gasteiger partial charge on any atom is -0.320 e. The number of hydrogen-bond acceptors (Lipinski definition) is 4. The molecule has 0 atom stereocenters. The smallest absolute Gasteiger partial charge is 0.251 e. The van der Waals surface area contributed by atoms with E-state index in [0.29, 0.717) is 21.2 Å². The number of rotatable bonds is 0. The first-order valence-corrected chi connectivity index (χ1v) is 8.53. The molecule has 7 nitrogen and oxygen atoms in total. The van der Waals surface area contributed by atoms with E-state index in [0.717, 1.165) is 14.9 Å². The van der Waals surface area contributed by atoms with Crippen LogP contribution in [0.25, 0.3) is 22.3 Å². The van der Waals surface area contributed by atoms with E-state index in [1.165, 1.54) is 6.07 Å². The summed E-state index contributed by atoms with van der Waals surface area (Å²) in [6.07, 6.45) is 3.31. The Morgan fingerprint density at radius 2 is 1.67 bits per heavy atom. The standard InChI is InChI=1S/C7H5ClIN3.C7H6ClN3O/c1-12-3-10-6-4(8)2-5(9)11-7(6)12;1-11-3-9-6-4(8)2-5(12)10-7(6)11/h2-3H,1H3;2-3H,1H3,(H,10,12). The summed E-state index contributed by atoms with van der Waals surface area (Å²) in [7, 11) is 3.69. The lowest BCUT2D eigenvalue weighted by atomic mass is 10.4. The Labute approximate surface area is 159 Å². The van der Waals surface area contributed by atoms with E-state index in [1.807, 2.05) is 11.6 Å². The molecule has 0 spiro atoms. The Kier molecular flexibility index (Phi) is 4.79. The van der Waals surface area contributed by atoms with Crippen molar-refractivity contribution in [2.24, 2.45) is 14.1 Å². The Morgan fingerprint density at radius 3 is 2.42 bits per heavy atom. The number of pyridine rings is 2. The largest absolute Gasteiger partial charge is 0.320 e. The van der Waals surface area contributed by atoms with Gasteiger partial charge in [-0.1, -0.05) is 23.2 Å². The van der Waals surface area contributed by atoms with Crippen LogP contribution in [0.5, 0.6) is 0 Å². The van der Waals surface area contributed by atoms with Gasteiger partial charge in [0, 0.05) is 20.2 Å². The molecule has 0 aromatic carbocycles. The first-order chi connectivity index (χ1) is 11.4. The van der Waals surface area contributed by atoms with Crippen LogP contribution in [0.15, 0.2) is 29.6 Å². The van der Waals surface area contributed by atoms with Gasteiger partial charge < -0.3 is 14.1 Å². The molecule has 10 heteroatoms. The molecule has 0 radical (unpaired) electrons. The number of nitrogens with zero attached hydrogens (tertiary/aromatic N) is 5. The van der Waals surface area contributed by atoms with Crippen LogP contribution in [0, 0.1) is 3.70 Å². The fraction of sp³-hybridized carbons (Fsp3) is 0.143. The van der Waals surface area contributed by atoms with Crippen molar-refractivity contribution in [2.75, 3.05) is 0 Å². The van der Waals surface area contributed by atoms with Crippen LogP contribution in [0.1, 0.15) is 0 Å². The summed E-state index contributed by atoms with van der Waals surface area (Å²) in [5.41, 5.74) is 2.65. The lowest BCUT2D eigenvalue weighted by Crippen LogP contribution is -2.05. The van der Waals surface area contributed by atoms with Crippen molar-refractivity contribution >= 4 is 68.1 Å². The van der Waals surface area contributed by atoms with E-state index in [1.54, 1.807) is 30.3 Å². The molecule has 0 amide bonds. The third kappa shape index (κ3) is 3.26. The molecule has 4 heterocycles. The van der Waals surface area contributed by atoms with E-state index in [9.17, 15) is 4.79 Å². The van der Waals surface area contributed by atoms with Gasteiger partial charge in [-0.15, -0.1) is 0 Å². The summed E-state index contributed by atoms with van der Waals surface area (Å²) in [5, 5.41) is 1.04. The van der Waals surface area contributed by atoms with Crippen LogP contribution in [0.3, 0.4) is 0 Å². The molecule has 1 N–H and O–H groups in total. The molecule has 24 heavy (non-hydrogen) atoms. The van der Waals surface area contributed by atoms with E-state index < -0.39 is 0 Å².